The van der Waals surface area contributed by atoms with Crippen molar-refractivity contribution in [3.63, 3.8) is 0 Å². The van der Waals surface area contributed by atoms with Crippen LogP contribution in [0.25, 0.3) is 0 Å². The molecule has 0 bridgehead atoms. The summed E-state index contributed by atoms with van der Waals surface area (Å²) in [5.41, 5.74) is 2.15. The van der Waals surface area contributed by atoms with Gasteiger partial charge in [-0.2, -0.15) is 0 Å². The van der Waals surface area contributed by atoms with Gasteiger partial charge in [0.15, 0.2) is 7.28 Å². The molecule has 0 aliphatic heterocycles. The van der Waals surface area contributed by atoms with E-state index in [0.717, 1.165) is 19.3 Å². The normalized spacial score (nSPS) is 12.6. The largest absolute Gasteiger partial charge is 0.388 e. The van der Waals surface area contributed by atoms with Crippen LogP contribution in [0.3, 0.4) is 0 Å². The molecule has 3 heteroatoms. The van der Waals surface area contributed by atoms with Crippen molar-refractivity contribution in [3.05, 3.63) is 28.8 Å². The van der Waals surface area contributed by atoms with Crippen molar-refractivity contribution in [2.45, 2.75) is 26.3 Å². The molecule has 0 unspecified atom stereocenters. The molecule has 1 aromatic rings. The smallest absolute Gasteiger partial charge is 0.155 e. The minimum absolute atomic E-state index is 0.381. The van der Waals surface area contributed by atoms with Gasteiger partial charge >= 0.3 is 0 Å². The number of hydrogen-bond acceptors (Lipinski definition) is 1. The van der Waals surface area contributed by atoms with E-state index in [0.29, 0.717) is 5.02 Å². The first-order valence-corrected chi connectivity index (χ1v) is 5.03. The minimum atomic E-state index is -0.381. The van der Waals surface area contributed by atoms with Gasteiger partial charge in [-0.15, -0.1) is 0 Å². The van der Waals surface area contributed by atoms with Crippen molar-refractivity contribution >= 4 is 24.3 Å². The number of aliphatic hydroxyl groups is 1. The second-order valence-electron chi connectivity index (χ2n) is 3.12. The van der Waals surface area contributed by atoms with Crippen LogP contribution < -0.4 is 5.46 Å². The third-order valence-electron chi connectivity index (χ3n) is 2.23. The van der Waals surface area contributed by atoms with Crippen LogP contribution >= 0.6 is 11.6 Å². The lowest BCUT2D eigenvalue weighted by molar-refractivity contribution is 0.174. The molecule has 0 fully saturated rings. The average Bonchev–Trinajstić information content (AvgIpc) is 2.16. The molecular weight excluding hydrogens is 182 g/mol. The number of benzene rings is 1. The molecule has 1 nitrogen and oxygen atoms in total. The first-order valence-electron chi connectivity index (χ1n) is 4.65. The Hall–Kier alpha value is -0.465. The Labute approximate surface area is 85.0 Å². The zero-order valence-corrected chi connectivity index (χ0v) is 8.80. The van der Waals surface area contributed by atoms with Crippen molar-refractivity contribution in [1.82, 2.24) is 0 Å². The lowest BCUT2D eigenvalue weighted by atomic mass is 9.70. The van der Waals surface area contributed by atoms with Gasteiger partial charge in [0.1, 0.15) is 0 Å². The van der Waals surface area contributed by atoms with Gasteiger partial charge in [-0.1, -0.05) is 36.9 Å². The molecule has 0 aliphatic rings. The summed E-state index contributed by atoms with van der Waals surface area (Å²) in [5, 5.41) is 10.4. The SMILES string of the molecule is CBc1ccc(Cl)cc1[C@H](O)CC. The summed E-state index contributed by atoms with van der Waals surface area (Å²) in [6, 6.07) is 5.71. The van der Waals surface area contributed by atoms with Gasteiger partial charge in [-0.05, 0) is 24.1 Å². The minimum Gasteiger partial charge on any atom is -0.388 e. The molecule has 0 spiro atoms. The Morgan fingerprint density at radius 2 is 2.23 bits per heavy atom. The summed E-state index contributed by atoms with van der Waals surface area (Å²) in [7, 11) is 0.934. The van der Waals surface area contributed by atoms with Crippen LogP contribution in [0.5, 0.6) is 0 Å². The van der Waals surface area contributed by atoms with Crippen molar-refractivity contribution in [3.8, 4) is 0 Å². The summed E-state index contributed by atoms with van der Waals surface area (Å²) < 4.78 is 0. The second kappa shape index (κ2) is 4.68. The summed E-state index contributed by atoms with van der Waals surface area (Å²) >= 11 is 5.86. The molecule has 1 rings (SSSR count). The van der Waals surface area contributed by atoms with Crippen molar-refractivity contribution in [2.75, 3.05) is 0 Å². The molecule has 0 saturated carbocycles. The summed E-state index contributed by atoms with van der Waals surface area (Å²) in [5.74, 6) is 0. The fourth-order valence-electron chi connectivity index (χ4n) is 1.42. The molecule has 0 heterocycles. The standard InChI is InChI=1S/C10H14BClO/c1-3-10(13)8-6-7(12)4-5-9(8)11-2/h4-6,10-11,13H,3H2,1-2H3/t10-/m1/s1. The van der Waals surface area contributed by atoms with E-state index in [9.17, 15) is 5.11 Å². The zero-order valence-electron chi connectivity index (χ0n) is 8.05. The predicted molar refractivity (Wildman–Crippen MR) is 59.3 cm³/mol. The first-order chi connectivity index (χ1) is 6.19. The van der Waals surface area contributed by atoms with E-state index in [4.69, 9.17) is 11.6 Å². The van der Waals surface area contributed by atoms with Gasteiger partial charge in [-0.3, -0.25) is 0 Å². The fourth-order valence-corrected chi connectivity index (χ4v) is 1.60. The van der Waals surface area contributed by atoms with Gasteiger partial charge < -0.3 is 5.11 Å². The van der Waals surface area contributed by atoms with E-state index in [1.807, 2.05) is 25.1 Å². The molecule has 0 aromatic heterocycles. The molecule has 1 atom stereocenters. The average molecular weight is 196 g/mol. The fraction of sp³-hybridized carbons (Fsp3) is 0.400. The van der Waals surface area contributed by atoms with Crippen molar-refractivity contribution in [1.29, 1.82) is 0 Å². The van der Waals surface area contributed by atoms with Crippen LogP contribution in [-0.4, -0.2) is 12.4 Å². The van der Waals surface area contributed by atoms with Gasteiger partial charge in [0.05, 0.1) is 6.10 Å². The van der Waals surface area contributed by atoms with Crippen LogP contribution in [0.4, 0.5) is 0 Å². The van der Waals surface area contributed by atoms with Crippen LogP contribution in [0.2, 0.25) is 11.8 Å². The van der Waals surface area contributed by atoms with Crippen LogP contribution in [-0.2, 0) is 0 Å². The molecule has 0 saturated heterocycles. The van der Waals surface area contributed by atoms with Crippen LogP contribution in [0.15, 0.2) is 18.2 Å². The topological polar surface area (TPSA) is 20.2 Å². The Bertz CT molecular complexity index is 288. The zero-order chi connectivity index (χ0) is 9.84. The third kappa shape index (κ3) is 2.49. The highest BCUT2D eigenvalue weighted by molar-refractivity contribution is 6.52. The molecular formula is C10H14BClO. The van der Waals surface area contributed by atoms with E-state index in [1.165, 1.54) is 5.46 Å². The molecule has 70 valence electrons. The molecule has 1 N–H and O–H groups in total. The predicted octanol–water partition coefficient (Wildman–Crippen LogP) is 1.89. The van der Waals surface area contributed by atoms with Crippen LogP contribution in [0.1, 0.15) is 25.0 Å². The van der Waals surface area contributed by atoms with Gasteiger partial charge in [0, 0.05) is 5.02 Å². The number of aliphatic hydroxyl groups excluding tert-OH is 1. The Morgan fingerprint density at radius 3 is 2.77 bits per heavy atom. The molecule has 0 amide bonds. The second-order valence-corrected chi connectivity index (χ2v) is 3.56. The highest BCUT2D eigenvalue weighted by Crippen LogP contribution is 2.18. The highest BCUT2D eigenvalue weighted by Gasteiger charge is 2.09. The van der Waals surface area contributed by atoms with E-state index < -0.39 is 0 Å². The van der Waals surface area contributed by atoms with Crippen LogP contribution in [0, 0.1) is 0 Å². The summed E-state index contributed by atoms with van der Waals surface area (Å²) in [4.78, 5) is 0. The number of hydrogen-bond donors (Lipinski definition) is 1. The lowest BCUT2D eigenvalue weighted by Gasteiger charge is -2.13. The van der Waals surface area contributed by atoms with E-state index in [1.54, 1.807) is 0 Å². The maximum absolute atomic E-state index is 9.71. The maximum Gasteiger partial charge on any atom is 0.155 e. The number of halogens is 1. The monoisotopic (exact) mass is 196 g/mol. The Morgan fingerprint density at radius 1 is 1.54 bits per heavy atom. The summed E-state index contributed by atoms with van der Waals surface area (Å²) in [6.07, 6.45) is 0.349. The lowest BCUT2D eigenvalue weighted by Crippen LogP contribution is -2.19. The maximum atomic E-state index is 9.71. The Kier molecular flexibility index (Phi) is 3.82. The molecule has 1 aromatic carbocycles. The van der Waals surface area contributed by atoms with E-state index >= 15 is 0 Å². The molecule has 13 heavy (non-hydrogen) atoms. The third-order valence-corrected chi connectivity index (χ3v) is 2.47. The molecule has 0 radical (unpaired) electrons. The van der Waals surface area contributed by atoms with Gasteiger partial charge in [0.25, 0.3) is 0 Å². The van der Waals surface area contributed by atoms with Crippen molar-refractivity contribution in [2.24, 2.45) is 0 Å². The number of rotatable bonds is 3. The first kappa shape index (κ1) is 10.6. The van der Waals surface area contributed by atoms with Crippen molar-refractivity contribution < 1.29 is 5.11 Å². The Balaban J connectivity index is 3.07. The molecule has 0 aliphatic carbocycles. The summed E-state index contributed by atoms with van der Waals surface area (Å²) in [6.45, 7) is 4.04. The van der Waals surface area contributed by atoms with E-state index in [-0.39, 0.29) is 6.10 Å². The quantitative estimate of drug-likeness (QED) is 0.732. The highest BCUT2D eigenvalue weighted by atomic mass is 35.5. The van der Waals surface area contributed by atoms with E-state index in [2.05, 4.69) is 6.82 Å². The van der Waals surface area contributed by atoms with Gasteiger partial charge in [-0.25, -0.2) is 0 Å². The van der Waals surface area contributed by atoms with Gasteiger partial charge in [0.2, 0.25) is 0 Å².